The van der Waals surface area contributed by atoms with Crippen LogP contribution in [-0.4, -0.2) is 46.8 Å². The highest BCUT2D eigenvalue weighted by Crippen LogP contribution is 2.22. The van der Waals surface area contributed by atoms with Crippen molar-refractivity contribution in [3.05, 3.63) is 35.5 Å². The molecule has 3 N–H and O–H groups in total. The van der Waals surface area contributed by atoms with E-state index in [1.807, 2.05) is 24.0 Å². The van der Waals surface area contributed by atoms with E-state index in [0.29, 0.717) is 13.1 Å². The van der Waals surface area contributed by atoms with E-state index in [-0.39, 0.29) is 18.1 Å². The number of H-pyrrole nitrogens is 1. The number of aliphatic hydroxyl groups is 1. The van der Waals surface area contributed by atoms with Gasteiger partial charge in [-0.15, -0.1) is 0 Å². The van der Waals surface area contributed by atoms with Gasteiger partial charge >= 0.3 is 6.03 Å². The van der Waals surface area contributed by atoms with Crippen LogP contribution in [-0.2, 0) is 6.42 Å². The zero-order chi connectivity index (χ0) is 17.1. The quantitative estimate of drug-likeness (QED) is 0.807. The Bertz CT molecular complexity index is 708. The topological polar surface area (TPSA) is 68.4 Å². The second kappa shape index (κ2) is 7.26. The van der Waals surface area contributed by atoms with Crippen molar-refractivity contribution in [2.75, 3.05) is 19.6 Å². The van der Waals surface area contributed by atoms with E-state index in [4.69, 9.17) is 0 Å². The van der Waals surface area contributed by atoms with Gasteiger partial charge in [-0.05, 0) is 44.7 Å². The van der Waals surface area contributed by atoms with E-state index in [0.717, 1.165) is 37.0 Å². The molecule has 2 amide bonds. The Labute approximate surface area is 143 Å². The molecule has 1 saturated heterocycles. The average Bonchev–Trinajstić information content (AvgIpc) is 2.90. The first kappa shape index (κ1) is 16.8. The molecule has 1 aromatic carbocycles. The van der Waals surface area contributed by atoms with Crippen LogP contribution in [0.25, 0.3) is 10.9 Å². The number of aliphatic hydroxyl groups excluding tert-OH is 1. The minimum Gasteiger partial charge on any atom is -0.393 e. The minimum absolute atomic E-state index is 0.0159. The summed E-state index contributed by atoms with van der Waals surface area (Å²) in [4.78, 5) is 17.6. The maximum atomic E-state index is 12.4. The monoisotopic (exact) mass is 329 g/mol. The Morgan fingerprint density at radius 3 is 3.04 bits per heavy atom. The first-order valence-electron chi connectivity index (χ1n) is 8.83. The Balaban J connectivity index is 1.56. The van der Waals surface area contributed by atoms with Crippen molar-refractivity contribution in [2.24, 2.45) is 5.92 Å². The molecule has 1 fully saturated rings. The molecule has 1 aliphatic rings. The normalized spacial score (nSPS) is 19.5. The number of likely N-dealkylation sites (tertiary alicyclic amines) is 1. The number of benzene rings is 1. The second-order valence-corrected chi connectivity index (χ2v) is 6.84. The Morgan fingerprint density at radius 1 is 1.46 bits per heavy atom. The molecule has 5 nitrogen and oxygen atoms in total. The molecule has 130 valence electrons. The van der Waals surface area contributed by atoms with Crippen molar-refractivity contribution in [3.63, 3.8) is 0 Å². The summed E-state index contributed by atoms with van der Waals surface area (Å²) < 4.78 is 0. The summed E-state index contributed by atoms with van der Waals surface area (Å²) in [6.45, 7) is 5.94. The van der Waals surface area contributed by atoms with Crippen LogP contribution >= 0.6 is 0 Å². The number of piperidine rings is 1. The summed E-state index contributed by atoms with van der Waals surface area (Å²) in [5.41, 5.74) is 3.58. The first-order valence-corrected chi connectivity index (χ1v) is 8.83. The lowest BCUT2D eigenvalue weighted by atomic mass is 9.94. The predicted octanol–water partition coefficient (Wildman–Crippen LogP) is 2.82. The van der Waals surface area contributed by atoms with Crippen molar-refractivity contribution in [1.82, 2.24) is 15.2 Å². The third-order valence-corrected chi connectivity index (χ3v) is 5.11. The van der Waals surface area contributed by atoms with Gasteiger partial charge < -0.3 is 20.3 Å². The van der Waals surface area contributed by atoms with Crippen LogP contribution in [0.2, 0.25) is 0 Å². The van der Waals surface area contributed by atoms with Gasteiger partial charge in [-0.3, -0.25) is 0 Å². The molecule has 24 heavy (non-hydrogen) atoms. The van der Waals surface area contributed by atoms with Gasteiger partial charge in [0.05, 0.1) is 6.10 Å². The highest BCUT2D eigenvalue weighted by Gasteiger charge is 2.26. The molecule has 3 rings (SSSR count). The van der Waals surface area contributed by atoms with E-state index >= 15 is 0 Å². The van der Waals surface area contributed by atoms with E-state index in [2.05, 4.69) is 29.4 Å². The molecule has 0 radical (unpaired) electrons. The lowest BCUT2D eigenvalue weighted by Crippen LogP contribution is -2.47. The molecule has 2 aromatic rings. The van der Waals surface area contributed by atoms with Crippen molar-refractivity contribution in [2.45, 2.75) is 39.2 Å². The molecule has 0 aliphatic carbocycles. The third kappa shape index (κ3) is 3.56. The summed E-state index contributed by atoms with van der Waals surface area (Å²) in [6, 6.07) is 8.25. The van der Waals surface area contributed by atoms with E-state index in [1.54, 1.807) is 0 Å². The van der Waals surface area contributed by atoms with Gasteiger partial charge in [0.2, 0.25) is 0 Å². The number of para-hydroxylation sites is 1. The highest BCUT2D eigenvalue weighted by atomic mass is 16.3. The number of urea groups is 1. The predicted molar refractivity (Wildman–Crippen MR) is 96.1 cm³/mol. The number of aromatic amines is 1. The zero-order valence-electron chi connectivity index (χ0n) is 14.5. The Morgan fingerprint density at radius 2 is 2.25 bits per heavy atom. The highest BCUT2D eigenvalue weighted by molar-refractivity contribution is 5.84. The summed E-state index contributed by atoms with van der Waals surface area (Å²) in [6.07, 6.45) is 2.42. The van der Waals surface area contributed by atoms with Crippen molar-refractivity contribution in [1.29, 1.82) is 0 Å². The minimum atomic E-state index is -0.352. The molecular formula is C19H27N3O2. The van der Waals surface area contributed by atoms with E-state index in [9.17, 15) is 9.90 Å². The molecule has 2 heterocycles. The maximum absolute atomic E-state index is 12.4. The molecule has 2 unspecified atom stereocenters. The smallest absolute Gasteiger partial charge is 0.317 e. The molecule has 0 spiro atoms. The average molecular weight is 329 g/mol. The number of carbonyl (C=O) groups excluding carboxylic acids is 1. The Hall–Kier alpha value is -2.01. The second-order valence-electron chi connectivity index (χ2n) is 6.84. The van der Waals surface area contributed by atoms with E-state index in [1.165, 1.54) is 10.9 Å². The van der Waals surface area contributed by atoms with Crippen molar-refractivity contribution >= 4 is 16.9 Å². The van der Waals surface area contributed by atoms with Gasteiger partial charge in [-0.1, -0.05) is 18.2 Å². The molecular weight excluding hydrogens is 302 g/mol. The van der Waals surface area contributed by atoms with Crippen LogP contribution in [0.15, 0.2) is 24.3 Å². The number of aromatic nitrogens is 1. The molecule has 1 aromatic heterocycles. The number of rotatable bonds is 4. The summed E-state index contributed by atoms with van der Waals surface area (Å²) in [5.74, 6) is 0.195. The van der Waals surface area contributed by atoms with Crippen LogP contribution in [0.3, 0.4) is 0 Å². The summed E-state index contributed by atoms with van der Waals surface area (Å²) in [5, 5.41) is 14.0. The first-order chi connectivity index (χ1) is 11.6. The van der Waals surface area contributed by atoms with Gasteiger partial charge in [-0.2, -0.15) is 0 Å². The standard InChI is InChI=1S/C19H27N3O2/c1-13-16(17-7-3-4-8-18(17)21-13)9-10-20-19(24)22-11-5-6-15(12-22)14(2)23/h3-4,7-8,14-15,21,23H,5-6,9-12H2,1-2H3,(H,20,24). The van der Waals surface area contributed by atoms with Crippen LogP contribution in [0.4, 0.5) is 4.79 Å². The zero-order valence-corrected chi connectivity index (χ0v) is 14.5. The fraction of sp³-hybridized carbons (Fsp3) is 0.526. The fourth-order valence-electron chi connectivity index (χ4n) is 3.65. The fourth-order valence-corrected chi connectivity index (χ4v) is 3.65. The number of amides is 2. The summed E-state index contributed by atoms with van der Waals surface area (Å²) >= 11 is 0. The largest absolute Gasteiger partial charge is 0.393 e. The third-order valence-electron chi connectivity index (χ3n) is 5.11. The molecule has 2 atom stereocenters. The van der Waals surface area contributed by atoms with Crippen LogP contribution in [0.1, 0.15) is 31.0 Å². The van der Waals surface area contributed by atoms with Crippen LogP contribution in [0.5, 0.6) is 0 Å². The molecule has 0 saturated carbocycles. The van der Waals surface area contributed by atoms with Gasteiger partial charge in [-0.25, -0.2) is 4.79 Å². The lowest BCUT2D eigenvalue weighted by Gasteiger charge is -2.34. The number of fused-ring (bicyclic) bond motifs is 1. The van der Waals surface area contributed by atoms with Gasteiger partial charge in [0.1, 0.15) is 0 Å². The van der Waals surface area contributed by atoms with Gasteiger partial charge in [0, 0.05) is 42.1 Å². The molecule has 0 bridgehead atoms. The number of aryl methyl sites for hydroxylation is 1. The number of nitrogens with zero attached hydrogens (tertiary/aromatic N) is 1. The maximum Gasteiger partial charge on any atom is 0.317 e. The van der Waals surface area contributed by atoms with E-state index < -0.39 is 0 Å². The SMILES string of the molecule is Cc1[nH]c2ccccc2c1CCNC(=O)N1CCCC(C(C)O)C1. The molecule has 1 aliphatic heterocycles. The number of nitrogens with one attached hydrogen (secondary N) is 2. The Kier molecular flexibility index (Phi) is 5.09. The van der Waals surface area contributed by atoms with Crippen molar-refractivity contribution < 1.29 is 9.90 Å². The lowest BCUT2D eigenvalue weighted by molar-refractivity contribution is 0.0740. The van der Waals surface area contributed by atoms with Crippen molar-refractivity contribution in [3.8, 4) is 0 Å². The molecule has 5 heteroatoms. The van der Waals surface area contributed by atoms with Gasteiger partial charge in [0.25, 0.3) is 0 Å². The number of hydrogen-bond acceptors (Lipinski definition) is 2. The van der Waals surface area contributed by atoms with Gasteiger partial charge in [0.15, 0.2) is 0 Å². The van der Waals surface area contributed by atoms with Crippen LogP contribution < -0.4 is 5.32 Å². The summed E-state index contributed by atoms with van der Waals surface area (Å²) in [7, 11) is 0. The number of carbonyl (C=O) groups is 1. The number of hydrogen-bond donors (Lipinski definition) is 3. The van der Waals surface area contributed by atoms with Crippen LogP contribution in [0, 0.1) is 12.8 Å².